The summed E-state index contributed by atoms with van der Waals surface area (Å²) in [6.07, 6.45) is 3.68. The molecule has 0 spiro atoms. The second kappa shape index (κ2) is 15.5. The van der Waals surface area contributed by atoms with E-state index in [4.69, 9.17) is 9.47 Å². The quantitative estimate of drug-likeness (QED) is 0.235. The first-order valence-corrected chi connectivity index (χ1v) is 9.25. The van der Waals surface area contributed by atoms with E-state index >= 15 is 0 Å². The molecule has 0 aliphatic carbocycles. The number of likely N-dealkylation sites (tertiary alicyclic amines) is 1. The lowest BCUT2D eigenvalue weighted by Gasteiger charge is -2.32. The molecule has 1 aliphatic rings. The summed E-state index contributed by atoms with van der Waals surface area (Å²) in [6, 6.07) is 0.344. The van der Waals surface area contributed by atoms with E-state index in [0.29, 0.717) is 12.6 Å². The van der Waals surface area contributed by atoms with Gasteiger partial charge < -0.3 is 25.0 Å². The summed E-state index contributed by atoms with van der Waals surface area (Å²) >= 11 is 0. The van der Waals surface area contributed by atoms with Crippen LogP contribution in [0.4, 0.5) is 4.79 Å². The fourth-order valence-electron chi connectivity index (χ4n) is 2.59. The fourth-order valence-corrected chi connectivity index (χ4v) is 2.59. The van der Waals surface area contributed by atoms with Crippen LogP contribution in [-0.4, -0.2) is 69.0 Å². The van der Waals surface area contributed by atoms with Crippen molar-refractivity contribution in [2.45, 2.75) is 52.5 Å². The van der Waals surface area contributed by atoms with Crippen LogP contribution in [0.1, 0.15) is 46.5 Å². The molecule has 1 saturated heterocycles. The molecule has 7 nitrogen and oxygen atoms in total. The zero-order chi connectivity index (χ0) is 17.6. The Labute approximate surface area is 169 Å². The lowest BCUT2D eigenvalue weighted by Crippen LogP contribution is -2.49. The molecule has 2 N–H and O–H groups in total. The average molecular weight is 470 g/mol. The second-order valence-corrected chi connectivity index (χ2v) is 5.77. The third-order valence-electron chi connectivity index (χ3n) is 3.88. The molecule has 0 unspecified atom stereocenters. The van der Waals surface area contributed by atoms with Crippen LogP contribution >= 0.6 is 24.0 Å². The number of hydrogen-bond acceptors (Lipinski definition) is 4. The number of hydrogen-bond donors (Lipinski definition) is 2. The number of unbranched alkanes of at least 4 members (excludes halogenated alkanes) is 1. The highest BCUT2D eigenvalue weighted by Gasteiger charge is 2.23. The zero-order valence-corrected chi connectivity index (χ0v) is 18.2. The van der Waals surface area contributed by atoms with Gasteiger partial charge in [-0.3, -0.25) is 4.99 Å². The van der Waals surface area contributed by atoms with E-state index in [0.717, 1.165) is 71.0 Å². The highest BCUT2D eigenvalue weighted by atomic mass is 127. The minimum absolute atomic E-state index is 0. The van der Waals surface area contributed by atoms with Gasteiger partial charge in [0.1, 0.15) is 0 Å². The number of amides is 1. The molecule has 1 heterocycles. The third-order valence-corrected chi connectivity index (χ3v) is 3.88. The molecule has 0 saturated carbocycles. The Balaban J connectivity index is 0.00000576. The number of aliphatic imine (C=N–C) groups is 1. The summed E-state index contributed by atoms with van der Waals surface area (Å²) in [5.41, 5.74) is 0. The van der Waals surface area contributed by atoms with Crippen LogP contribution in [0.2, 0.25) is 0 Å². The first-order chi connectivity index (χ1) is 11.7. The smallest absolute Gasteiger partial charge is 0.409 e. The second-order valence-electron chi connectivity index (χ2n) is 5.77. The molecule has 1 fully saturated rings. The maximum atomic E-state index is 11.7. The normalized spacial score (nSPS) is 15.5. The van der Waals surface area contributed by atoms with Crippen molar-refractivity contribution in [3.05, 3.63) is 0 Å². The van der Waals surface area contributed by atoms with Crippen LogP contribution in [0.5, 0.6) is 0 Å². The van der Waals surface area contributed by atoms with Crippen molar-refractivity contribution in [2.75, 3.05) is 46.0 Å². The summed E-state index contributed by atoms with van der Waals surface area (Å²) in [5, 5.41) is 6.77. The molecule has 0 radical (unpaired) electrons. The van der Waals surface area contributed by atoms with Gasteiger partial charge in [-0.25, -0.2) is 4.79 Å². The van der Waals surface area contributed by atoms with Gasteiger partial charge in [0.05, 0.1) is 6.61 Å². The Morgan fingerprint density at radius 2 is 1.88 bits per heavy atom. The molecule has 0 aromatic heterocycles. The van der Waals surface area contributed by atoms with Crippen molar-refractivity contribution >= 4 is 36.0 Å². The maximum Gasteiger partial charge on any atom is 0.409 e. The third kappa shape index (κ3) is 10.7. The van der Waals surface area contributed by atoms with Crippen LogP contribution in [0.15, 0.2) is 4.99 Å². The number of guanidine groups is 1. The summed E-state index contributed by atoms with van der Waals surface area (Å²) in [4.78, 5) is 18.1. The van der Waals surface area contributed by atoms with Gasteiger partial charge in [0.25, 0.3) is 0 Å². The fraction of sp³-hybridized carbons (Fsp3) is 0.882. The van der Waals surface area contributed by atoms with Gasteiger partial charge in [-0.15, -0.1) is 24.0 Å². The standard InChI is InChI=1S/C17H34N4O3.HI/c1-4-18-16(19-11-7-8-14-23-5-2)20-15-9-12-21(13-10-15)17(22)24-6-3;/h15H,4-14H2,1-3H3,(H2,18,19,20);1H. The SMILES string of the molecule is CCNC(=NCCCCOCC)NC1CCN(C(=O)OCC)CC1.I. The lowest BCUT2D eigenvalue weighted by atomic mass is 10.1. The first kappa shape index (κ1) is 24.2. The minimum atomic E-state index is -0.203. The molecular weight excluding hydrogens is 435 g/mol. The number of halogens is 1. The molecule has 1 rings (SSSR count). The topological polar surface area (TPSA) is 75.2 Å². The molecule has 148 valence electrons. The molecule has 1 aliphatic heterocycles. The first-order valence-electron chi connectivity index (χ1n) is 9.25. The summed E-state index contributed by atoms with van der Waals surface area (Å²) in [7, 11) is 0. The molecule has 0 bridgehead atoms. The lowest BCUT2D eigenvalue weighted by molar-refractivity contribution is 0.0963. The highest BCUT2D eigenvalue weighted by molar-refractivity contribution is 14.0. The number of nitrogens with zero attached hydrogens (tertiary/aromatic N) is 2. The largest absolute Gasteiger partial charge is 0.450 e. The molecule has 0 aromatic rings. The van der Waals surface area contributed by atoms with E-state index in [2.05, 4.69) is 22.5 Å². The maximum absolute atomic E-state index is 11.7. The van der Waals surface area contributed by atoms with Gasteiger partial charge >= 0.3 is 6.09 Å². The summed E-state index contributed by atoms with van der Waals surface area (Å²) in [6.45, 7) is 11.0. The minimum Gasteiger partial charge on any atom is -0.450 e. The van der Waals surface area contributed by atoms with Crippen molar-refractivity contribution in [3.63, 3.8) is 0 Å². The van der Waals surface area contributed by atoms with E-state index in [1.807, 2.05) is 13.8 Å². The van der Waals surface area contributed by atoms with Crippen LogP contribution in [0.25, 0.3) is 0 Å². The number of rotatable bonds is 9. The van der Waals surface area contributed by atoms with Crippen molar-refractivity contribution in [1.29, 1.82) is 0 Å². The van der Waals surface area contributed by atoms with Crippen LogP contribution in [0.3, 0.4) is 0 Å². The number of carbonyl (C=O) groups is 1. The molecule has 1 amide bonds. The monoisotopic (exact) mass is 470 g/mol. The van der Waals surface area contributed by atoms with Gasteiger partial charge in [0, 0.05) is 45.4 Å². The van der Waals surface area contributed by atoms with Crippen LogP contribution < -0.4 is 10.6 Å². The predicted molar refractivity (Wildman–Crippen MR) is 112 cm³/mol. The average Bonchev–Trinajstić information content (AvgIpc) is 2.59. The van der Waals surface area contributed by atoms with Gasteiger partial charge in [-0.2, -0.15) is 0 Å². The van der Waals surface area contributed by atoms with Gasteiger partial charge in [-0.05, 0) is 46.5 Å². The Morgan fingerprint density at radius 1 is 1.16 bits per heavy atom. The van der Waals surface area contributed by atoms with Crippen molar-refractivity contribution < 1.29 is 14.3 Å². The molecule has 0 aromatic carbocycles. The van der Waals surface area contributed by atoms with Crippen molar-refractivity contribution in [1.82, 2.24) is 15.5 Å². The van der Waals surface area contributed by atoms with Crippen LogP contribution in [0, 0.1) is 0 Å². The Morgan fingerprint density at radius 3 is 2.48 bits per heavy atom. The molecular formula is C17H35IN4O3. The van der Waals surface area contributed by atoms with E-state index in [9.17, 15) is 4.79 Å². The molecule has 8 heteroatoms. The number of carbonyl (C=O) groups excluding carboxylic acids is 1. The number of nitrogens with one attached hydrogen (secondary N) is 2. The van der Waals surface area contributed by atoms with E-state index in [1.54, 1.807) is 4.90 Å². The van der Waals surface area contributed by atoms with E-state index in [1.165, 1.54) is 0 Å². The van der Waals surface area contributed by atoms with Crippen molar-refractivity contribution in [3.8, 4) is 0 Å². The summed E-state index contributed by atoms with van der Waals surface area (Å²) in [5.74, 6) is 0.864. The van der Waals surface area contributed by atoms with Crippen LogP contribution in [-0.2, 0) is 9.47 Å². The number of ether oxygens (including phenoxy) is 2. The molecule has 25 heavy (non-hydrogen) atoms. The Kier molecular flexibility index (Phi) is 15.0. The number of piperidine rings is 1. The summed E-state index contributed by atoms with van der Waals surface area (Å²) < 4.78 is 10.4. The zero-order valence-electron chi connectivity index (χ0n) is 15.9. The highest BCUT2D eigenvalue weighted by Crippen LogP contribution is 2.11. The Bertz CT molecular complexity index is 375. The Hall–Kier alpha value is -0.770. The van der Waals surface area contributed by atoms with Gasteiger partial charge in [0.15, 0.2) is 5.96 Å². The predicted octanol–water partition coefficient (Wildman–Crippen LogP) is 2.60. The van der Waals surface area contributed by atoms with E-state index < -0.39 is 0 Å². The van der Waals surface area contributed by atoms with Gasteiger partial charge in [-0.1, -0.05) is 0 Å². The van der Waals surface area contributed by atoms with E-state index in [-0.39, 0.29) is 30.1 Å². The van der Waals surface area contributed by atoms with Crippen molar-refractivity contribution in [2.24, 2.45) is 4.99 Å². The van der Waals surface area contributed by atoms with Gasteiger partial charge in [0.2, 0.25) is 0 Å². The molecule has 0 atom stereocenters.